The maximum absolute atomic E-state index is 14.1. The number of aromatic nitrogens is 3. The van der Waals surface area contributed by atoms with Crippen molar-refractivity contribution in [3.8, 4) is 11.3 Å². The second-order valence-corrected chi connectivity index (χ2v) is 12.4. The second kappa shape index (κ2) is 14.2. The minimum atomic E-state index is -1.61. The van der Waals surface area contributed by atoms with Gasteiger partial charge in [-0.1, -0.05) is 63.6 Å². The van der Waals surface area contributed by atoms with Crippen LogP contribution in [0.2, 0.25) is 0 Å². The highest BCUT2D eigenvalue weighted by molar-refractivity contribution is 9.10. The standard InChI is InChI=1S/C33H31BrF3N3O7/c1-17(2)45-32(42)31(43-15-18-8-10-21(34)11-9-18)30-28(41)27(29-25(46-30)16-44-33(47-29)19-6-4-3-5-7-19)40-14-24(38-39-40)20-12-22(35)26(37)23(36)13-20/h3-14,17,25,27-31,33,41H,15-16H2,1-2H3/t25?,27-,28?,29+,30-,31+,33?/m1/s1. The van der Waals surface area contributed by atoms with Gasteiger partial charge in [0.2, 0.25) is 0 Å². The van der Waals surface area contributed by atoms with E-state index in [4.69, 9.17) is 23.7 Å². The Morgan fingerprint density at radius 2 is 1.77 bits per heavy atom. The zero-order chi connectivity index (χ0) is 33.2. The fourth-order valence-electron chi connectivity index (χ4n) is 5.60. The van der Waals surface area contributed by atoms with E-state index in [1.807, 2.05) is 54.6 Å². The summed E-state index contributed by atoms with van der Waals surface area (Å²) >= 11 is 3.39. The lowest BCUT2D eigenvalue weighted by Crippen LogP contribution is -2.63. The topological polar surface area (TPSA) is 114 Å². The summed E-state index contributed by atoms with van der Waals surface area (Å²) in [5, 5.41) is 20.2. The van der Waals surface area contributed by atoms with E-state index in [0.29, 0.717) is 5.56 Å². The lowest BCUT2D eigenvalue weighted by atomic mass is 9.89. The molecule has 248 valence electrons. The Kier molecular flexibility index (Phi) is 10.1. The van der Waals surface area contributed by atoms with Crippen molar-refractivity contribution in [3.63, 3.8) is 0 Å². The Morgan fingerprint density at radius 3 is 2.45 bits per heavy atom. The lowest BCUT2D eigenvalue weighted by molar-refractivity contribution is -0.325. The van der Waals surface area contributed by atoms with Gasteiger partial charge in [-0.3, -0.25) is 0 Å². The molecule has 0 bridgehead atoms. The highest BCUT2D eigenvalue weighted by Crippen LogP contribution is 2.41. The van der Waals surface area contributed by atoms with Gasteiger partial charge in [-0.15, -0.1) is 5.10 Å². The summed E-state index contributed by atoms with van der Waals surface area (Å²) in [6.45, 7) is 3.38. The van der Waals surface area contributed by atoms with Gasteiger partial charge < -0.3 is 28.8 Å². The number of benzene rings is 3. The molecule has 0 saturated carbocycles. The molecule has 1 aromatic heterocycles. The number of nitrogens with zero attached hydrogens (tertiary/aromatic N) is 3. The summed E-state index contributed by atoms with van der Waals surface area (Å²) in [5.41, 5.74) is 1.40. The number of rotatable bonds is 9. The first-order valence-corrected chi connectivity index (χ1v) is 15.7. The van der Waals surface area contributed by atoms with E-state index in [2.05, 4.69) is 26.2 Å². The summed E-state index contributed by atoms with van der Waals surface area (Å²) < 4.78 is 74.2. The van der Waals surface area contributed by atoms with Crippen LogP contribution in [-0.2, 0) is 35.1 Å². The number of hydrogen-bond donors (Lipinski definition) is 1. The molecule has 7 atom stereocenters. The molecule has 3 unspecified atom stereocenters. The predicted molar refractivity (Wildman–Crippen MR) is 163 cm³/mol. The molecular weight excluding hydrogens is 687 g/mol. The Balaban J connectivity index is 1.35. The van der Waals surface area contributed by atoms with E-state index >= 15 is 0 Å². The van der Waals surface area contributed by atoms with E-state index in [0.717, 1.165) is 22.2 Å². The molecule has 0 aliphatic carbocycles. The maximum atomic E-state index is 14.1. The minimum absolute atomic E-state index is 0.00326. The molecule has 2 aliphatic rings. The number of esters is 1. The van der Waals surface area contributed by atoms with Crippen LogP contribution >= 0.6 is 15.9 Å². The van der Waals surface area contributed by atoms with Crippen LogP contribution in [0, 0.1) is 17.5 Å². The Hall–Kier alpha value is -3.66. The largest absolute Gasteiger partial charge is 0.461 e. The molecule has 1 N–H and O–H groups in total. The number of fused-ring (bicyclic) bond motifs is 1. The summed E-state index contributed by atoms with van der Waals surface area (Å²) in [6.07, 6.45) is -5.89. The third-order valence-corrected chi connectivity index (χ3v) is 8.34. The van der Waals surface area contributed by atoms with E-state index in [-0.39, 0.29) is 24.5 Å². The van der Waals surface area contributed by atoms with Crippen molar-refractivity contribution < 1.29 is 46.8 Å². The Morgan fingerprint density at radius 1 is 1.06 bits per heavy atom. The fraction of sp³-hybridized carbons (Fsp3) is 0.364. The van der Waals surface area contributed by atoms with Crippen LogP contribution in [0.3, 0.4) is 0 Å². The van der Waals surface area contributed by atoms with Crippen LogP contribution in [0.5, 0.6) is 0 Å². The molecule has 0 spiro atoms. The smallest absolute Gasteiger partial charge is 0.338 e. The zero-order valence-electron chi connectivity index (χ0n) is 25.2. The van der Waals surface area contributed by atoms with E-state index in [9.17, 15) is 23.1 Å². The quantitative estimate of drug-likeness (QED) is 0.179. The van der Waals surface area contributed by atoms with Crippen LogP contribution < -0.4 is 0 Å². The van der Waals surface area contributed by atoms with Crippen LogP contribution in [0.25, 0.3) is 11.3 Å². The van der Waals surface area contributed by atoms with E-state index < -0.39 is 72.4 Å². The van der Waals surface area contributed by atoms with E-state index in [1.165, 1.54) is 10.9 Å². The summed E-state index contributed by atoms with van der Waals surface area (Å²) in [7, 11) is 0. The van der Waals surface area contributed by atoms with E-state index in [1.54, 1.807) is 13.8 Å². The molecule has 4 aromatic rings. The SMILES string of the molecule is CC(C)OC(=O)[C@@H](OCc1ccc(Br)cc1)[C@@H]1OC2COC(c3ccccc3)O[C@@H]2[C@H](n2cc(-c3cc(F)c(F)c(F)c3)nn2)C1O. The molecule has 6 rings (SSSR count). The maximum Gasteiger partial charge on any atom is 0.338 e. The Labute approximate surface area is 276 Å². The van der Waals surface area contributed by atoms with Gasteiger partial charge in [-0.05, 0) is 43.7 Å². The summed E-state index contributed by atoms with van der Waals surface area (Å²) in [5.74, 6) is -5.16. The fourth-order valence-corrected chi connectivity index (χ4v) is 5.86. The van der Waals surface area contributed by atoms with Crippen LogP contribution in [-0.4, -0.2) is 69.3 Å². The first-order chi connectivity index (χ1) is 22.6. The normalized spacial score (nSPS) is 24.9. The van der Waals surface area contributed by atoms with Crippen molar-refractivity contribution in [2.24, 2.45) is 0 Å². The molecule has 2 saturated heterocycles. The zero-order valence-corrected chi connectivity index (χ0v) is 26.8. The van der Waals surface area contributed by atoms with Gasteiger partial charge in [0.25, 0.3) is 0 Å². The van der Waals surface area contributed by atoms with Gasteiger partial charge in [0.15, 0.2) is 29.8 Å². The molecule has 0 amide bonds. The van der Waals surface area contributed by atoms with Gasteiger partial charge in [-0.25, -0.2) is 22.6 Å². The summed E-state index contributed by atoms with van der Waals surface area (Å²) in [4.78, 5) is 13.4. The van der Waals surface area contributed by atoms with Gasteiger partial charge in [0.05, 0.1) is 25.5 Å². The van der Waals surface area contributed by atoms with Crippen LogP contribution in [0.1, 0.15) is 37.3 Å². The van der Waals surface area contributed by atoms with Gasteiger partial charge in [-0.2, -0.15) is 0 Å². The number of aliphatic hydroxyl groups is 1. The lowest BCUT2D eigenvalue weighted by Gasteiger charge is -2.49. The van der Waals surface area contributed by atoms with Crippen molar-refractivity contribution in [2.75, 3.05) is 6.61 Å². The van der Waals surface area contributed by atoms with Crippen molar-refractivity contribution in [2.45, 2.75) is 69.4 Å². The first kappa shape index (κ1) is 33.2. The van der Waals surface area contributed by atoms with Gasteiger partial charge in [0.1, 0.15) is 36.2 Å². The van der Waals surface area contributed by atoms with Crippen molar-refractivity contribution in [1.29, 1.82) is 0 Å². The average Bonchev–Trinajstić information content (AvgIpc) is 3.54. The molecule has 0 radical (unpaired) electrons. The number of aliphatic hydroxyl groups excluding tert-OH is 1. The van der Waals surface area contributed by atoms with Crippen molar-refractivity contribution in [1.82, 2.24) is 15.0 Å². The minimum Gasteiger partial charge on any atom is -0.461 e. The molecule has 10 nitrogen and oxygen atoms in total. The molecular formula is C33H31BrF3N3O7. The third kappa shape index (κ3) is 7.27. The molecule has 2 fully saturated rings. The number of hydrogen-bond acceptors (Lipinski definition) is 9. The van der Waals surface area contributed by atoms with Gasteiger partial charge >= 0.3 is 5.97 Å². The third-order valence-electron chi connectivity index (χ3n) is 7.81. The van der Waals surface area contributed by atoms with Crippen molar-refractivity contribution >= 4 is 21.9 Å². The number of carbonyl (C=O) groups excluding carboxylic acids is 1. The van der Waals surface area contributed by atoms with Crippen LogP contribution in [0.15, 0.2) is 77.4 Å². The highest BCUT2D eigenvalue weighted by atomic mass is 79.9. The predicted octanol–water partition coefficient (Wildman–Crippen LogP) is 5.45. The molecule has 2 aliphatic heterocycles. The van der Waals surface area contributed by atoms with Crippen LogP contribution in [0.4, 0.5) is 13.2 Å². The molecule has 14 heteroatoms. The number of carbonyl (C=O) groups is 1. The average molecular weight is 719 g/mol. The number of ether oxygens (including phenoxy) is 5. The van der Waals surface area contributed by atoms with Gasteiger partial charge in [0, 0.05) is 15.6 Å². The first-order valence-electron chi connectivity index (χ1n) is 14.9. The van der Waals surface area contributed by atoms with Crippen molar-refractivity contribution in [3.05, 3.63) is 106 Å². The highest BCUT2D eigenvalue weighted by Gasteiger charge is 2.54. The number of halogens is 4. The molecule has 3 aromatic carbocycles. The summed E-state index contributed by atoms with van der Waals surface area (Å²) in [6, 6.07) is 17.0. The molecule has 47 heavy (non-hydrogen) atoms. The monoisotopic (exact) mass is 717 g/mol. The molecule has 3 heterocycles. The second-order valence-electron chi connectivity index (χ2n) is 11.5. The Bertz CT molecular complexity index is 1670.